The summed E-state index contributed by atoms with van der Waals surface area (Å²) in [6.07, 6.45) is 5.82. The summed E-state index contributed by atoms with van der Waals surface area (Å²) < 4.78 is 1.90. The molecular formula is C9H14N4O. The molecule has 0 spiro atoms. The van der Waals surface area contributed by atoms with Crippen molar-refractivity contribution < 1.29 is 4.79 Å². The number of carbonyl (C=O) groups is 1. The van der Waals surface area contributed by atoms with E-state index in [0.717, 1.165) is 0 Å². The average molecular weight is 194 g/mol. The van der Waals surface area contributed by atoms with E-state index >= 15 is 0 Å². The monoisotopic (exact) mass is 194 g/mol. The molecule has 1 saturated heterocycles. The van der Waals surface area contributed by atoms with Crippen molar-refractivity contribution in [2.45, 2.75) is 19.0 Å². The molecule has 1 aromatic heterocycles. The standard InChI is InChI=1S/C9H14N4O/c10-8-5-13(6-8)9(14)1-3-12-4-2-11-7-12/h2,4,7-8H,1,3,5-6,10H2. The molecule has 0 bridgehead atoms. The van der Waals surface area contributed by atoms with Gasteiger partial charge >= 0.3 is 0 Å². The maximum absolute atomic E-state index is 11.5. The molecule has 0 aliphatic carbocycles. The molecule has 2 heterocycles. The first-order valence-corrected chi connectivity index (χ1v) is 4.75. The zero-order chi connectivity index (χ0) is 9.97. The molecule has 5 heteroatoms. The molecule has 0 unspecified atom stereocenters. The van der Waals surface area contributed by atoms with E-state index < -0.39 is 0 Å². The fourth-order valence-electron chi connectivity index (χ4n) is 1.52. The van der Waals surface area contributed by atoms with Crippen LogP contribution in [-0.2, 0) is 11.3 Å². The summed E-state index contributed by atoms with van der Waals surface area (Å²) >= 11 is 0. The van der Waals surface area contributed by atoms with Crippen molar-refractivity contribution in [2.75, 3.05) is 13.1 Å². The second kappa shape index (κ2) is 3.79. The molecule has 2 N–H and O–H groups in total. The molecule has 0 radical (unpaired) electrons. The van der Waals surface area contributed by atoms with Crippen LogP contribution < -0.4 is 5.73 Å². The highest BCUT2D eigenvalue weighted by molar-refractivity contribution is 5.77. The normalized spacial score (nSPS) is 16.8. The van der Waals surface area contributed by atoms with E-state index in [9.17, 15) is 4.79 Å². The lowest BCUT2D eigenvalue weighted by Gasteiger charge is -2.36. The van der Waals surface area contributed by atoms with Crippen LogP contribution in [0.3, 0.4) is 0 Å². The van der Waals surface area contributed by atoms with Crippen molar-refractivity contribution in [3.8, 4) is 0 Å². The third kappa shape index (κ3) is 1.93. The predicted molar refractivity (Wildman–Crippen MR) is 51.4 cm³/mol. The second-order valence-corrected chi connectivity index (χ2v) is 3.61. The summed E-state index contributed by atoms with van der Waals surface area (Å²) in [5.41, 5.74) is 5.59. The quantitative estimate of drug-likeness (QED) is 0.701. The van der Waals surface area contributed by atoms with Crippen LogP contribution >= 0.6 is 0 Å². The number of carbonyl (C=O) groups excluding carboxylic acids is 1. The summed E-state index contributed by atoms with van der Waals surface area (Å²) in [4.78, 5) is 17.2. The smallest absolute Gasteiger partial charge is 0.224 e. The van der Waals surface area contributed by atoms with Crippen LogP contribution in [0.25, 0.3) is 0 Å². The minimum atomic E-state index is 0.181. The van der Waals surface area contributed by atoms with Gasteiger partial charge in [0, 0.05) is 44.5 Å². The van der Waals surface area contributed by atoms with Gasteiger partial charge in [0.25, 0.3) is 0 Å². The molecule has 5 nitrogen and oxygen atoms in total. The maximum atomic E-state index is 11.5. The number of rotatable bonds is 3. The summed E-state index contributed by atoms with van der Waals surface area (Å²) in [6, 6.07) is 0.187. The highest BCUT2D eigenvalue weighted by atomic mass is 16.2. The molecule has 1 aliphatic rings. The zero-order valence-corrected chi connectivity index (χ0v) is 7.97. The molecule has 1 amide bonds. The fraction of sp³-hybridized carbons (Fsp3) is 0.556. The van der Waals surface area contributed by atoms with E-state index in [1.807, 2.05) is 10.8 Å². The predicted octanol–water partition coefficient (Wildman–Crippen LogP) is -0.557. The summed E-state index contributed by atoms with van der Waals surface area (Å²) in [5.74, 6) is 0.181. The lowest BCUT2D eigenvalue weighted by atomic mass is 10.1. The van der Waals surface area contributed by atoms with Gasteiger partial charge < -0.3 is 15.2 Å². The van der Waals surface area contributed by atoms with Crippen LogP contribution in [0, 0.1) is 0 Å². The Kier molecular flexibility index (Phi) is 2.49. The van der Waals surface area contributed by atoms with Gasteiger partial charge in [0.05, 0.1) is 6.33 Å². The first-order chi connectivity index (χ1) is 6.75. The molecule has 2 rings (SSSR count). The number of hydrogen-bond donors (Lipinski definition) is 1. The topological polar surface area (TPSA) is 64.2 Å². The van der Waals surface area contributed by atoms with Crippen molar-refractivity contribution in [1.82, 2.24) is 14.5 Å². The van der Waals surface area contributed by atoms with E-state index in [0.29, 0.717) is 26.1 Å². The molecule has 0 atom stereocenters. The Morgan fingerprint density at radius 3 is 2.93 bits per heavy atom. The highest BCUT2D eigenvalue weighted by Gasteiger charge is 2.26. The van der Waals surface area contributed by atoms with Gasteiger partial charge in [-0.3, -0.25) is 4.79 Å². The number of likely N-dealkylation sites (tertiary alicyclic amines) is 1. The molecule has 1 aliphatic heterocycles. The molecule has 76 valence electrons. The Labute approximate surface area is 82.5 Å². The Morgan fingerprint density at radius 1 is 1.57 bits per heavy atom. The van der Waals surface area contributed by atoms with Gasteiger partial charge in [0.1, 0.15) is 0 Å². The molecule has 0 saturated carbocycles. The first-order valence-electron chi connectivity index (χ1n) is 4.75. The third-order valence-corrected chi connectivity index (χ3v) is 2.41. The van der Waals surface area contributed by atoms with Gasteiger partial charge in [0.15, 0.2) is 0 Å². The summed E-state index contributed by atoms with van der Waals surface area (Å²) in [7, 11) is 0. The number of nitrogens with two attached hydrogens (primary N) is 1. The Hall–Kier alpha value is -1.36. The van der Waals surface area contributed by atoms with E-state index in [1.165, 1.54) is 0 Å². The Morgan fingerprint density at radius 2 is 2.36 bits per heavy atom. The van der Waals surface area contributed by atoms with E-state index in [-0.39, 0.29) is 11.9 Å². The van der Waals surface area contributed by atoms with Crippen LogP contribution in [0.15, 0.2) is 18.7 Å². The van der Waals surface area contributed by atoms with Crippen molar-refractivity contribution in [1.29, 1.82) is 0 Å². The number of amides is 1. The number of aryl methyl sites for hydroxylation is 1. The van der Waals surface area contributed by atoms with Crippen LogP contribution in [-0.4, -0.2) is 39.5 Å². The summed E-state index contributed by atoms with van der Waals surface area (Å²) in [6.45, 7) is 2.12. The van der Waals surface area contributed by atoms with Crippen LogP contribution in [0.2, 0.25) is 0 Å². The lowest BCUT2D eigenvalue weighted by molar-refractivity contribution is -0.135. The van der Waals surface area contributed by atoms with Gasteiger partial charge in [-0.05, 0) is 0 Å². The minimum Gasteiger partial charge on any atom is -0.339 e. The van der Waals surface area contributed by atoms with Gasteiger partial charge in [-0.25, -0.2) is 4.98 Å². The van der Waals surface area contributed by atoms with Crippen molar-refractivity contribution in [3.63, 3.8) is 0 Å². The Balaban J connectivity index is 1.73. The number of hydrogen-bond acceptors (Lipinski definition) is 3. The van der Waals surface area contributed by atoms with Gasteiger partial charge in [-0.1, -0.05) is 0 Å². The SMILES string of the molecule is NC1CN(C(=O)CCn2ccnc2)C1. The van der Waals surface area contributed by atoms with Gasteiger partial charge in [-0.15, -0.1) is 0 Å². The lowest BCUT2D eigenvalue weighted by Crippen LogP contribution is -2.57. The largest absolute Gasteiger partial charge is 0.339 e. The number of aromatic nitrogens is 2. The van der Waals surface area contributed by atoms with Crippen LogP contribution in [0.4, 0.5) is 0 Å². The number of nitrogens with zero attached hydrogens (tertiary/aromatic N) is 3. The zero-order valence-electron chi connectivity index (χ0n) is 7.97. The third-order valence-electron chi connectivity index (χ3n) is 2.41. The van der Waals surface area contributed by atoms with Crippen molar-refractivity contribution in [2.24, 2.45) is 5.73 Å². The van der Waals surface area contributed by atoms with Crippen LogP contribution in [0.1, 0.15) is 6.42 Å². The fourth-order valence-corrected chi connectivity index (χ4v) is 1.52. The highest BCUT2D eigenvalue weighted by Crippen LogP contribution is 2.07. The van der Waals surface area contributed by atoms with E-state index in [4.69, 9.17) is 5.73 Å². The molecule has 1 aromatic rings. The summed E-state index contributed by atoms with van der Waals surface area (Å²) in [5, 5.41) is 0. The molecule has 14 heavy (non-hydrogen) atoms. The number of imidazole rings is 1. The second-order valence-electron chi connectivity index (χ2n) is 3.61. The van der Waals surface area contributed by atoms with Crippen molar-refractivity contribution >= 4 is 5.91 Å². The molecule has 0 aromatic carbocycles. The van der Waals surface area contributed by atoms with E-state index in [2.05, 4.69) is 4.98 Å². The van der Waals surface area contributed by atoms with Gasteiger partial charge in [-0.2, -0.15) is 0 Å². The molecule has 1 fully saturated rings. The van der Waals surface area contributed by atoms with Crippen LogP contribution in [0.5, 0.6) is 0 Å². The molecular weight excluding hydrogens is 180 g/mol. The van der Waals surface area contributed by atoms with Gasteiger partial charge in [0.2, 0.25) is 5.91 Å². The first kappa shape index (κ1) is 9.21. The average Bonchev–Trinajstić information content (AvgIpc) is 2.61. The Bertz CT molecular complexity index is 303. The van der Waals surface area contributed by atoms with E-state index in [1.54, 1.807) is 17.4 Å². The van der Waals surface area contributed by atoms with Crippen molar-refractivity contribution in [3.05, 3.63) is 18.7 Å². The minimum absolute atomic E-state index is 0.181. The maximum Gasteiger partial charge on any atom is 0.224 e.